The van der Waals surface area contributed by atoms with Crippen LogP contribution in [-0.4, -0.2) is 42.8 Å². The van der Waals surface area contributed by atoms with E-state index in [1.807, 2.05) is 6.92 Å². The predicted octanol–water partition coefficient (Wildman–Crippen LogP) is 2.52. The van der Waals surface area contributed by atoms with Crippen LogP contribution >= 0.6 is 0 Å². The summed E-state index contributed by atoms with van der Waals surface area (Å²) in [6.45, 7) is 3.15. The Kier molecular flexibility index (Phi) is 5.74. The highest BCUT2D eigenvalue weighted by Gasteiger charge is 2.37. The van der Waals surface area contributed by atoms with Gasteiger partial charge in [-0.25, -0.2) is 0 Å². The van der Waals surface area contributed by atoms with Gasteiger partial charge in [0.15, 0.2) is 11.6 Å². The molecule has 1 unspecified atom stereocenters. The molecule has 25 heavy (non-hydrogen) atoms. The van der Waals surface area contributed by atoms with Gasteiger partial charge >= 0.3 is 0 Å². The monoisotopic (exact) mass is 346 g/mol. The van der Waals surface area contributed by atoms with Gasteiger partial charge in [0.1, 0.15) is 11.5 Å². The molecule has 134 valence electrons. The minimum absolute atomic E-state index is 0.0354. The molecule has 6 heteroatoms. The molecule has 1 aromatic rings. The maximum Gasteiger partial charge on any atom is 0.201 e. The van der Waals surface area contributed by atoms with Gasteiger partial charge in [0.25, 0.3) is 0 Å². The molecule has 0 heterocycles. The third kappa shape index (κ3) is 3.49. The lowest BCUT2D eigenvalue weighted by Gasteiger charge is -2.23. The van der Waals surface area contributed by atoms with Gasteiger partial charge in [0, 0.05) is 23.6 Å². The van der Waals surface area contributed by atoms with Crippen molar-refractivity contribution in [3.05, 3.63) is 34.4 Å². The summed E-state index contributed by atoms with van der Waals surface area (Å²) >= 11 is 0. The molecule has 0 radical (unpaired) electrons. The third-order valence-electron chi connectivity index (χ3n) is 4.22. The number of carbonyl (C=O) groups excluding carboxylic acids is 3. The van der Waals surface area contributed by atoms with Crippen LogP contribution in [0.25, 0.3) is 0 Å². The Balaban J connectivity index is 2.66. The number of ether oxygens (including phenoxy) is 2. The quantitative estimate of drug-likeness (QED) is 0.763. The van der Waals surface area contributed by atoms with E-state index < -0.39 is 23.5 Å². The van der Waals surface area contributed by atoms with Crippen LogP contribution in [0.3, 0.4) is 0 Å². The zero-order valence-electron chi connectivity index (χ0n) is 14.8. The van der Waals surface area contributed by atoms with Crippen LogP contribution in [0.15, 0.2) is 23.3 Å². The van der Waals surface area contributed by atoms with Crippen LogP contribution in [0.4, 0.5) is 0 Å². The Morgan fingerprint density at radius 2 is 1.84 bits per heavy atom. The standard InChI is InChI=1S/C19H22O6/c1-5-6-11(21)7-13-16(10(2)20)19(23)17-14(18(13)22)8-12(24-3)9-15(17)25-4/h8-9,11,21H,5-7H2,1-4H3. The topological polar surface area (TPSA) is 89.9 Å². The highest BCUT2D eigenvalue weighted by Crippen LogP contribution is 2.37. The molecule has 1 aliphatic carbocycles. The number of methoxy groups -OCH3 is 2. The van der Waals surface area contributed by atoms with E-state index in [0.29, 0.717) is 12.2 Å². The van der Waals surface area contributed by atoms with E-state index >= 15 is 0 Å². The number of Topliss-reactive ketones (excluding diaryl/α,β-unsaturated/α-hetero) is 3. The molecule has 0 saturated carbocycles. The fraction of sp³-hybridized carbons (Fsp3) is 0.421. The number of aliphatic hydroxyl groups is 1. The molecule has 1 aliphatic rings. The summed E-state index contributed by atoms with van der Waals surface area (Å²) in [5.74, 6) is -0.955. The first-order valence-corrected chi connectivity index (χ1v) is 8.13. The van der Waals surface area contributed by atoms with E-state index in [2.05, 4.69) is 0 Å². The lowest BCUT2D eigenvalue weighted by Crippen LogP contribution is -2.28. The third-order valence-corrected chi connectivity index (χ3v) is 4.22. The predicted molar refractivity (Wildman–Crippen MR) is 91.4 cm³/mol. The molecule has 0 aliphatic heterocycles. The van der Waals surface area contributed by atoms with Gasteiger partial charge in [-0.1, -0.05) is 13.3 Å². The van der Waals surface area contributed by atoms with Crippen LogP contribution in [0, 0.1) is 0 Å². The zero-order valence-corrected chi connectivity index (χ0v) is 14.8. The summed E-state index contributed by atoms with van der Waals surface area (Å²) < 4.78 is 10.4. The summed E-state index contributed by atoms with van der Waals surface area (Å²) in [5, 5.41) is 10.1. The van der Waals surface area contributed by atoms with E-state index in [1.54, 1.807) is 0 Å². The second-order valence-electron chi connectivity index (χ2n) is 5.97. The van der Waals surface area contributed by atoms with Gasteiger partial charge in [-0.2, -0.15) is 0 Å². The smallest absolute Gasteiger partial charge is 0.201 e. The fourth-order valence-corrected chi connectivity index (χ4v) is 3.06. The Labute approximate surface area is 146 Å². The van der Waals surface area contributed by atoms with Crippen molar-refractivity contribution < 1.29 is 29.0 Å². The number of hydrogen-bond acceptors (Lipinski definition) is 6. The molecule has 0 saturated heterocycles. The average Bonchev–Trinajstić information content (AvgIpc) is 2.58. The Morgan fingerprint density at radius 1 is 1.16 bits per heavy atom. The van der Waals surface area contributed by atoms with Gasteiger partial charge in [-0.3, -0.25) is 14.4 Å². The van der Waals surface area contributed by atoms with Gasteiger partial charge in [0.2, 0.25) is 5.78 Å². The van der Waals surface area contributed by atoms with Crippen molar-refractivity contribution in [1.29, 1.82) is 0 Å². The van der Waals surface area contributed by atoms with Crippen molar-refractivity contribution in [2.45, 2.75) is 39.2 Å². The van der Waals surface area contributed by atoms with Crippen molar-refractivity contribution >= 4 is 17.3 Å². The van der Waals surface area contributed by atoms with Crippen LogP contribution in [0.2, 0.25) is 0 Å². The summed E-state index contributed by atoms with van der Waals surface area (Å²) in [5.41, 5.74) is 0.0782. The highest BCUT2D eigenvalue weighted by molar-refractivity contribution is 6.37. The summed E-state index contributed by atoms with van der Waals surface area (Å²) in [6.07, 6.45) is 0.376. The van der Waals surface area contributed by atoms with Crippen LogP contribution in [-0.2, 0) is 4.79 Å². The summed E-state index contributed by atoms with van der Waals surface area (Å²) in [7, 11) is 2.82. The Bertz CT molecular complexity index is 759. The first-order valence-electron chi connectivity index (χ1n) is 8.13. The lowest BCUT2D eigenvalue weighted by molar-refractivity contribution is -0.113. The number of ketones is 3. The molecule has 0 amide bonds. The number of allylic oxidation sites excluding steroid dienone is 1. The largest absolute Gasteiger partial charge is 0.497 e. The van der Waals surface area contributed by atoms with E-state index in [-0.39, 0.29) is 34.4 Å². The maximum absolute atomic E-state index is 13.0. The van der Waals surface area contributed by atoms with Gasteiger partial charge in [-0.05, 0) is 19.4 Å². The Hall–Kier alpha value is -2.47. The maximum atomic E-state index is 13.0. The van der Waals surface area contributed by atoms with E-state index in [9.17, 15) is 19.5 Å². The Morgan fingerprint density at radius 3 is 2.36 bits per heavy atom. The zero-order chi connectivity index (χ0) is 18.7. The molecule has 6 nitrogen and oxygen atoms in total. The molecule has 0 fully saturated rings. The molecule has 0 aromatic heterocycles. The van der Waals surface area contributed by atoms with E-state index in [1.165, 1.54) is 33.3 Å². The second kappa shape index (κ2) is 7.61. The summed E-state index contributed by atoms with van der Waals surface area (Å²) in [4.78, 5) is 37.9. The number of carbonyl (C=O) groups is 3. The molecule has 1 N–H and O–H groups in total. The van der Waals surface area contributed by atoms with Crippen molar-refractivity contribution in [2.24, 2.45) is 0 Å². The van der Waals surface area contributed by atoms with E-state index in [0.717, 1.165) is 6.42 Å². The minimum atomic E-state index is -0.792. The molecular weight excluding hydrogens is 324 g/mol. The van der Waals surface area contributed by atoms with E-state index in [4.69, 9.17) is 9.47 Å². The van der Waals surface area contributed by atoms with Crippen LogP contribution < -0.4 is 9.47 Å². The number of hydrogen-bond donors (Lipinski definition) is 1. The van der Waals surface area contributed by atoms with Gasteiger partial charge in [-0.15, -0.1) is 0 Å². The van der Waals surface area contributed by atoms with Crippen LogP contribution in [0.1, 0.15) is 53.8 Å². The molecular formula is C19H22O6. The molecule has 1 atom stereocenters. The van der Waals surface area contributed by atoms with Gasteiger partial charge in [0.05, 0.1) is 31.5 Å². The fourth-order valence-electron chi connectivity index (χ4n) is 3.06. The highest BCUT2D eigenvalue weighted by atomic mass is 16.5. The number of benzene rings is 1. The SMILES string of the molecule is CCCC(O)CC1=C(C(C)=O)C(=O)c2c(OC)cc(OC)cc2C1=O. The first-order chi connectivity index (χ1) is 11.8. The number of aliphatic hydroxyl groups excluding tert-OH is 1. The van der Waals surface area contributed by atoms with Crippen molar-refractivity contribution in [2.75, 3.05) is 14.2 Å². The van der Waals surface area contributed by atoms with Gasteiger partial charge < -0.3 is 14.6 Å². The van der Waals surface area contributed by atoms with Crippen molar-refractivity contribution in [3.63, 3.8) is 0 Å². The molecule has 0 bridgehead atoms. The second-order valence-corrected chi connectivity index (χ2v) is 5.97. The summed E-state index contributed by atoms with van der Waals surface area (Å²) in [6, 6.07) is 2.96. The average molecular weight is 346 g/mol. The first kappa shape index (κ1) is 18.9. The van der Waals surface area contributed by atoms with Crippen molar-refractivity contribution in [1.82, 2.24) is 0 Å². The van der Waals surface area contributed by atoms with Crippen molar-refractivity contribution in [3.8, 4) is 11.5 Å². The number of fused-ring (bicyclic) bond motifs is 1. The normalized spacial score (nSPS) is 15.1. The number of rotatable bonds is 7. The molecule has 2 rings (SSSR count). The molecule has 1 aromatic carbocycles. The molecule has 0 spiro atoms. The van der Waals surface area contributed by atoms with Crippen LogP contribution in [0.5, 0.6) is 11.5 Å². The minimum Gasteiger partial charge on any atom is -0.497 e. The lowest BCUT2D eigenvalue weighted by atomic mass is 9.79.